The number of rotatable bonds is 10. The Kier molecular flexibility index (Phi) is 9.84. The van der Waals surface area contributed by atoms with E-state index >= 15 is 0 Å². The van der Waals surface area contributed by atoms with Crippen molar-refractivity contribution in [1.82, 2.24) is 24.7 Å². The normalized spacial score (nSPS) is 16.5. The zero-order valence-corrected chi connectivity index (χ0v) is 23.3. The smallest absolute Gasteiger partial charge is 0.236 e. The molecule has 202 valence electrons. The molecule has 0 spiro atoms. The average molecular weight is 529 g/mol. The van der Waals surface area contributed by atoms with Gasteiger partial charge in [0.2, 0.25) is 5.91 Å². The minimum absolute atomic E-state index is 0.191. The fourth-order valence-electron chi connectivity index (χ4n) is 4.42. The minimum atomic E-state index is 0.191. The molecular formula is C26H40N8O2S. The number of aromatic nitrogens is 2. The molecule has 11 heteroatoms. The van der Waals surface area contributed by atoms with Crippen molar-refractivity contribution < 1.29 is 9.53 Å². The highest BCUT2D eigenvalue weighted by Gasteiger charge is 2.23. The van der Waals surface area contributed by atoms with Crippen LogP contribution >= 0.6 is 11.8 Å². The molecule has 0 saturated carbocycles. The second kappa shape index (κ2) is 13.3. The summed E-state index contributed by atoms with van der Waals surface area (Å²) in [5.74, 6) is 1.85. The van der Waals surface area contributed by atoms with Crippen molar-refractivity contribution in [3.63, 3.8) is 0 Å². The maximum Gasteiger partial charge on any atom is 0.236 e. The van der Waals surface area contributed by atoms with E-state index in [9.17, 15) is 4.79 Å². The lowest BCUT2D eigenvalue weighted by Crippen LogP contribution is -2.51. The Morgan fingerprint density at radius 1 is 0.973 bits per heavy atom. The van der Waals surface area contributed by atoms with Crippen molar-refractivity contribution in [1.29, 1.82) is 0 Å². The van der Waals surface area contributed by atoms with Crippen LogP contribution in [-0.2, 0) is 9.53 Å². The third-order valence-electron chi connectivity index (χ3n) is 6.68. The van der Waals surface area contributed by atoms with Crippen LogP contribution in [0.2, 0.25) is 0 Å². The van der Waals surface area contributed by atoms with E-state index in [2.05, 4.69) is 54.2 Å². The summed E-state index contributed by atoms with van der Waals surface area (Å²) in [4.78, 5) is 33.0. The van der Waals surface area contributed by atoms with Crippen LogP contribution in [0, 0.1) is 0 Å². The predicted octanol–water partition coefficient (Wildman–Crippen LogP) is 1.92. The molecule has 2 aliphatic rings. The quantitative estimate of drug-likeness (QED) is 0.365. The molecule has 37 heavy (non-hydrogen) atoms. The maximum atomic E-state index is 12.8. The number of morpholine rings is 1. The summed E-state index contributed by atoms with van der Waals surface area (Å²) in [6.07, 6.45) is 1.99. The van der Waals surface area contributed by atoms with Crippen molar-refractivity contribution in [3.05, 3.63) is 30.3 Å². The first-order valence-corrected chi connectivity index (χ1v) is 14.1. The molecule has 1 aromatic carbocycles. The van der Waals surface area contributed by atoms with E-state index in [4.69, 9.17) is 9.72 Å². The summed E-state index contributed by atoms with van der Waals surface area (Å²) in [5, 5.41) is 4.18. The van der Waals surface area contributed by atoms with E-state index in [0.717, 1.165) is 75.0 Å². The Hall–Kier alpha value is -2.60. The number of benzene rings is 1. The van der Waals surface area contributed by atoms with E-state index in [1.54, 1.807) is 0 Å². The van der Waals surface area contributed by atoms with Crippen LogP contribution in [0.1, 0.15) is 0 Å². The van der Waals surface area contributed by atoms with E-state index in [1.165, 1.54) is 17.4 Å². The van der Waals surface area contributed by atoms with Crippen LogP contribution in [0.5, 0.6) is 0 Å². The number of hydrogen-bond donors (Lipinski definition) is 1. The Morgan fingerprint density at radius 2 is 1.68 bits per heavy atom. The monoisotopic (exact) mass is 528 g/mol. The SMILES string of the molecule is CSc1nc(Nc2ccc(N3CCOCC3)cc2)cc(N2CCN(C(=O)CN(C)CCN(C)C)CC2)n1. The lowest BCUT2D eigenvalue weighted by molar-refractivity contribution is -0.132. The van der Waals surface area contributed by atoms with Crippen LogP contribution < -0.4 is 15.1 Å². The highest BCUT2D eigenvalue weighted by Crippen LogP contribution is 2.25. The van der Waals surface area contributed by atoms with Gasteiger partial charge >= 0.3 is 0 Å². The molecule has 0 unspecified atom stereocenters. The van der Waals surface area contributed by atoms with E-state index in [1.807, 2.05) is 38.4 Å². The molecule has 1 amide bonds. The first-order valence-electron chi connectivity index (χ1n) is 12.9. The van der Waals surface area contributed by atoms with Crippen LogP contribution in [-0.4, -0.2) is 130 Å². The molecule has 4 rings (SSSR count). The number of amides is 1. The van der Waals surface area contributed by atoms with Crippen molar-refractivity contribution >= 4 is 40.7 Å². The topological polar surface area (TPSA) is 80.3 Å². The van der Waals surface area contributed by atoms with Gasteiger partial charge in [-0.15, -0.1) is 0 Å². The van der Waals surface area contributed by atoms with E-state index in [-0.39, 0.29) is 5.91 Å². The third-order valence-corrected chi connectivity index (χ3v) is 7.23. The lowest BCUT2D eigenvalue weighted by Gasteiger charge is -2.36. The largest absolute Gasteiger partial charge is 0.378 e. The number of carbonyl (C=O) groups is 1. The van der Waals surface area contributed by atoms with Gasteiger partial charge in [-0.2, -0.15) is 0 Å². The molecule has 0 radical (unpaired) electrons. The summed E-state index contributed by atoms with van der Waals surface area (Å²) in [6, 6.07) is 10.5. The van der Waals surface area contributed by atoms with Gasteiger partial charge in [0, 0.05) is 69.8 Å². The van der Waals surface area contributed by atoms with Crippen molar-refractivity contribution in [2.75, 3.05) is 115 Å². The molecule has 3 heterocycles. The first-order chi connectivity index (χ1) is 17.9. The molecule has 0 atom stereocenters. The summed E-state index contributed by atoms with van der Waals surface area (Å²) < 4.78 is 5.46. The van der Waals surface area contributed by atoms with Gasteiger partial charge in [-0.3, -0.25) is 9.69 Å². The van der Waals surface area contributed by atoms with Crippen molar-refractivity contribution in [2.45, 2.75) is 5.16 Å². The van der Waals surface area contributed by atoms with Crippen LogP contribution in [0.3, 0.4) is 0 Å². The Morgan fingerprint density at radius 3 is 2.32 bits per heavy atom. The number of ether oxygens (including phenoxy) is 1. The van der Waals surface area contributed by atoms with Gasteiger partial charge in [-0.25, -0.2) is 9.97 Å². The van der Waals surface area contributed by atoms with Gasteiger partial charge < -0.3 is 29.7 Å². The second-order valence-corrected chi connectivity index (χ2v) is 10.6. The Balaban J connectivity index is 1.34. The number of nitrogens with one attached hydrogen (secondary N) is 1. The van der Waals surface area contributed by atoms with Gasteiger partial charge in [-0.1, -0.05) is 11.8 Å². The minimum Gasteiger partial charge on any atom is -0.378 e. The Bertz CT molecular complexity index is 1010. The van der Waals surface area contributed by atoms with Gasteiger partial charge in [0.15, 0.2) is 5.16 Å². The molecule has 2 fully saturated rings. The number of likely N-dealkylation sites (N-methyl/N-ethyl adjacent to an activating group) is 2. The van der Waals surface area contributed by atoms with Crippen molar-refractivity contribution in [3.8, 4) is 0 Å². The van der Waals surface area contributed by atoms with Crippen molar-refractivity contribution in [2.24, 2.45) is 0 Å². The third kappa shape index (κ3) is 7.94. The highest BCUT2D eigenvalue weighted by atomic mass is 32.2. The van der Waals surface area contributed by atoms with E-state index < -0.39 is 0 Å². The molecule has 2 saturated heterocycles. The van der Waals surface area contributed by atoms with Crippen LogP contribution in [0.25, 0.3) is 0 Å². The van der Waals surface area contributed by atoms with Gasteiger partial charge in [-0.05, 0) is 51.7 Å². The number of anilines is 4. The number of piperazine rings is 1. The number of carbonyl (C=O) groups excluding carboxylic acids is 1. The maximum absolute atomic E-state index is 12.8. The Labute approximate surface area is 225 Å². The summed E-state index contributed by atoms with van der Waals surface area (Å²) >= 11 is 1.53. The average Bonchev–Trinajstić information content (AvgIpc) is 2.92. The molecule has 1 N–H and O–H groups in total. The molecule has 0 bridgehead atoms. The highest BCUT2D eigenvalue weighted by molar-refractivity contribution is 7.98. The zero-order chi connectivity index (χ0) is 26.2. The molecule has 2 aromatic rings. The lowest BCUT2D eigenvalue weighted by atomic mass is 10.2. The summed E-state index contributed by atoms with van der Waals surface area (Å²) in [5.41, 5.74) is 2.20. The zero-order valence-electron chi connectivity index (χ0n) is 22.5. The molecule has 1 aromatic heterocycles. The fourth-order valence-corrected chi connectivity index (χ4v) is 4.80. The standard InChI is InChI=1S/C26H40N8O2S/c1-30(2)9-10-31(3)20-25(35)34-13-11-33(12-14-34)24-19-23(28-26(29-24)37-4)27-21-5-7-22(8-6-21)32-15-17-36-18-16-32/h5-8,19H,9-18,20H2,1-4H3,(H,27,28,29). The molecule has 10 nitrogen and oxygen atoms in total. The summed E-state index contributed by atoms with van der Waals surface area (Å²) in [7, 11) is 6.11. The van der Waals surface area contributed by atoms with E-state index in [0.29, 0.717) is 19.6 Å². The van der Waals surface area contributed by atoms with Gasteiger partial charge in [0.1, 0.15) is 11.6 Å². The van der Waals surface area contributed by atoms with Crippen LogP contribution in [0.4, 0.5) is 23.0 Å². The number of thioether (sulfide) groups is 1. The second-order valence-electron chi connectivity index (χ2n) is 9.78. The fraction of sp³-hybridized carbons (Fsp3) is 0.577. The molecular weight excluding hydrogens is 488 g/mol. The summed E-state index contributed by atoms with van der Waals surface area (Å²) in [6.45, 7) is 8.58. The molecule has 0 aliphatic carbocycles. The van der Waals surface area contributed by atoms with Gasteiger partial charge in [0.25, 0.3) is 0 Å². The number of hydrogen-bond acceptors (Lipinski definition) is 10. The molecule has 2 aliphatic heterocycles. The predicted molar refractivity (Wildman–Crippen MR) is 151 cm³/mol. The number of nitrogens with zero attached hydrogens (tertiary/aromatic N) is 7. The van der Waals surface area contributed by atoms with Crippen LogP contribution in [0.15, 0.2) is 35.5 Å². The first kappa shape index (κ1) is 27.4. The van der Waals surface area contributed by atoms with Gasteiger partial charge in [0.05, 0.1) is 19.8 Å².